The highest BCUT2D eigenvalue weighted by atomic mass is 16.2. The first-order chi connectivity index (χ1) is 7.65. The van der Waals surface area contributed by atoms with E-state index in [0.717, 1.165) is 12.8 Å². The highest BCUT2D eigenvalue weighted by molar-refractivity contribution is 5.74. The molecule has 0 unspecified atom stereocenters. The van der Waals surface area contributed by atoms with Crippen molar-refractivity contribution in [3.05, 3.63) is 35.4 Å². The number of hydrogen-bond acceptors (Lipinski definition) is 1. The minimum Gasteiger partial charge on any atom is -0.336 e. The Labute approximate surface area is 96.2 Å². The summed E-state index contributed by atoms with van der Waals surface area (Å²) in [5.41, 5.74) is 2.72. The summed E-state index contributed by atoms with van der Waals surface area (Å²) in [6.07, 6.45) is 1.89. The second-order valence-electron chi connectivity index (χ2n) is 4.65. The molecule has 0 spiro atoms. The molecule has 1 aliphatic carbocycles. The van der Waals surface area contributed by atoms with Gasteiger partial charge in [0.05, 0.1) is 0 Å². The number of carbonyl (C=O) groups is 1. The van der Waals surface area contributed by atoms with Gasteiger partial charge in [-0.2, -0.15) is 0 Å². The predicted molar refractivity (Wildman–Crippen MR) is 64.4 cm³/mol. The minimum absolute atomic E-state index is 0.0622. The minimum atomic E-state index is -0.0622. The van der Waals surface area contributed by atoms with Crippen molar-refractivity contribution in [1.29, 1.82) is 0 Å². The Kier molecular flexibility index (Phi) is 3.13. The summed E-state index contributed by atoms with van der Waals surface area (Å²) in [6, 6.07) is 8.74. The van der Waals surface area contributed by atoms with E-state index in [4.69, 9.17) is 0 Å². The van der Waals surface area contributed by atoms with Gasteiger partial charge in [-0.05, 0) is 37.8 Å². The van der Waals surface area contributed by atoms with Crippen LogP contribution >= 0.6 is 0 Å². The van der Waals surface area contributed by atoms with Crippen molar-refractivity contribution >= 4 is 6.03 Å². The Morgan fingerprint density at radius 2 is 1.81 bits per heavy atom. The van der Waals surface area contributed by atoms with Crippen LogP contribution in [-0.2, 0) is 12.8 Å². The molecule has 2 N–H and O–H groups in total. The van der Waals surface area contributed by atoms with Crippen LogP contribution in [0.1, 0.15) is 25.0 Å². The molecule has 0 fully saturated rings. The van der Waals surface area contributed by atoms with Gasteiger partial charge in [-0.15, -0.1) is 0 Å². The summed E-state index contributed by atoms with van der Waals surface area (Å²) in [5.74, 6) is 0. The van der Waals surface area contributed by atoms with Crippen LogP contribution in [0.25, 0.3) is 0 Å². The smallest absolute Gasteiger partial charge is 0.315 e. The molecule has 2 amide bonds. The Balaban J connectivity index is 1.90. The Hall–Kier alpha value is -1.51. The van der Waals surface area contributed by atoms with Crippen molar-refractivity contribution in [1.82, 2.24) is 10.6 Å². The summed E-state index contributed by atoms with van der Waals surface area (Å²) in [4.78, 5) is 11.5. The van der Waals surface area contributed by atoms with Crippen LogP contribution in [0.3, 0.4) is 0 Å². The molecule has 1 aliphatic rings. The Morgan fingerprint density at radius 1 is 1.25 bits per heavy atom. The van der Waals surface area contributed by atoms with E-state index >= 15 is 0 Å². The molecular formula is C13H18N2O. The molecule has 86 valence electrons. The molecule has 1 aromatic carbocycles. The lowest BCUT2D eigenvalue weighted by Crippen LogP contribution is -2.44. The molecule has 1 aromatic rings. The molecule has 0 bridgehead atoms. The fourth-order valence-electron chi connectivity index (χ4n) is 2.15. The van der Waals surface area contributed by atoms with Crippen LogP contribution < -0.4 is 10.6 Å². The number of carbonyl (C=O) groups excluding carboxylic acids is 1. The van der Waals surface area contributed by atoms with Crippen LogP contribution in [0.5, 0.6) is 0 Å². The van der Waals surface area contributed by atoms with Crippen molar-refractivity contribution in [3.63, 3.8) is 0 Å². The number of fused-ring (bicyclic) bond motifs is 1. The molecule has 0 aliphatic heterocycles. The molecule has 0 atom stereocenters. The van der Waals surface area contributed by atoms with E-state index in [0.29, 0.717) is 0 Å². The lowest BCUT2D eigenvalue weighted by Gasteiger charge is -2.14. The Morgan fingerprint density at radius 3 is 2.31 bits per heavy atom. The van der Waals surface area contributed by atoms with E-state index in [-0.39, 0.29) is 18.1 Å². The summed E-state index contributed by atoms with van der Waals surface area (Å²) in [6.45, 7) is 3.92. The molecule has 0 saturated heterocycles. The van der Waals surface area contributed by atoms with E-state index < -0.39 is 0 Å². The number of hydrogen-bond donors (Lipinski definition) is 2. The van der Waals surface area contributed by atoms with Crippen molar-refractivity contribution < 1.29 is 4.79 Å². The number of urea groups is 1. The van der Waals surface area contributed by atoms with E-state index in [1.807, 2.05) is 13.8 Å². The second kappa shape index (κ2) is 4.56. The Bertz CT molecular complexity index is 362. The third kappa shape index (κ3) is 2.54. The first-order valence-corrected chi connectivity index (χ1v) is 5.79. The maximum atomic E-state index is 11.5. The first kappa shape index (κ1) is 11.0. The number of rotatable bonds is 2. The van der Waals surface area contributed by atoms with Gasteiger partial charge in [0.15, 0.2) is 0 Å². The van der Waals surface area contributed by atoms with Crippen LogP contribution in [0, 0.1) is 0 Å². The SMILES string of the molecule is CC(C)NC(=O)NC1Cc2ccccc2C1. The topological polar surface area (TPSA) is 41.1 Å². The molecule has 2 rings (SSSR count). The lowest BCUT2D eigenvalue weighted by atomic mass is 10.1. The monoisotopic (exact) mass is 218 g/mol. The summed E-state index contributed by atoms with van der Waals surface area (Å²) in [7, 11) is 0. The maximum Gasteiger partial charge on any atom is 0.315 e. The van der Waals surface area contributed by atoms with Gasteiger partial charge in [-0.1, -0.05) is 24.3 Å². The zero-order valence-electron chi connectivity index (χ0n) is 9.79. The van der Waals surface area contributed by atoms with Crippen LogP contribution in [0.4, 0.5) is 4.79 Å². The van der Waals surface area contributed by atoms with E-state index in [1.165, 1.54) is 11.1 Å². The lowest BCUT2D eigenvalue weighted by molar-refractivity contribution is 0.235. The third-order valence-electron chi connectivity index (χ3n) is 2.81. The van der Waals surface area contributed by atoms with Crippen molar-refractivity contribution in [3.8, 4) is 0 Å². The average molecular weight is 218 g/mol. The summed E-state index contributed by atoms with van der Waals surface area (Å²) in [5, 5.41) is 5.85. The number of amides is 2. The second-order valence-corrected chi connectivity index (χ2v) is 4.65. The first-order valence-electron chi connectivity index (χ1n) is 5.79. The van der Waals surface area contributed by atoms with Crippen LogP contribution in [-0.4, -0.2) is 18.1 Å². The third-order valence-corrected chi connectivity index (χ3v) is 2.81. The van der Waals surface area contributed by atoms with Gasteiger partial charge < -0.3 is 10.6 Å². The number of nitrogens with one attached hydrogen (secondary N) is 2. The molecule has 0 aromatic heterocycles. The number of benzene rings is 1. The fraction of sp³-hybridized carbons (Fsp3) is 0.462. The molecular weight excluding hydrogens is 200 g/mol. The summed E-state index contributed by atoms with van der Waals surface area (Å²) >= 11 is 0. The van der Waals surface area contributed by atoms with Gasteiger partial charge in [0, 0.05) is 12.1 Å². The zero-order valence-corrected chi connectivity index (χ0v) is 9.79. The van der Waals surface area contributed by atoms with Crippen molar-refractivity contribution in [2.75, 3.05) is 0 Å². The highest BCUT2D eigenvalue weighted by Gasteiger charge is 2.22. The molecule has 0 saturated carbocycles. The van der Waals surface area contributed by atoms with Crippen LogP contribution in [0.2, 0.25) is 0 Å². The van der Waals surface area contributed by atoms with Gasteiger partial charge in [-0.25, -0.2) is 4.79 Å². The molecule has 16 heavy (non-hydrogen) atoms. The van der Waals surface area contributed by atoms with Gasteiger partial charge >= 0.3 is 6.03 Å². The maximum absolute atomic E-state index is 11.5. The van der Waals surface area contributed by atoms with Gasteiger partial charge in [-0.3, -0.25) is 0 Å². The molecule has 0 radical (unpaired) electrons. The van der Waals surface area contributed by atoms with Crippen LogP contribution in [0.15, 0.2) is 24.3 Å². The predicted octanol–water partition coefficient (Wildman–Crippen LogP) is 1.86. The zero-order chi connectivity index (χ0) is 11.5. The highest BCUT2D eigenvalue weighted by Crippen LogP contribution is 2.21. The fourth-order valence-corrected chi connectivity index (χ4v) is 2.15. The van der Waals surface area contributed by atoms with E-state index in [9.17, 15) is 4.79 Å². The van der Waals surface area contributed by atoms with Gasteiger partial charge in [0.1, 0.15) is 0 Å². The molecule has 0 heterocycles. The van der Waals surface area contributed by atoms with Crippen molar-refractivity contribution in [2.24, 2.45) is 0 Å². The average Bonchev–Trinajstić information content (AvgIpc) is 2.57. The molecule has 3 nitrogen and oxygen atoms in total. The quantitative estimate of drug-likeness (QED) is 0.781. The van der Waals surface area contributed by atoms with Crippen molar-refractivity contribution in [2.45, 2.75) is 38.8 Å². The van der Waals surface area contributed by atoms with Gasteiger partial charge in [0.25, 0.3) is 0 Å². The van der Waals surface area contributed by atoms with E-state index in [2.05, 4.69) is 34.9 Å². The standard InChI is InChI=1S/C13H18N2O/c1-9(2)14-13(16)15-12-7-10-5-3-4-6-11(10)8-12/h3-6,9,12H,7-8H2,1-2H3,(H2,14,15,16). The normalized spacial score (nSPS) is 14.9. The van der Waals surface area contributed by atoms with E-state index in [1.54, 1.807) is 0 Å². The largest absolute Gasteiger partial charge is 0.336 e. The molecule has 3 heteroatoms. The summed E-state index contributed by atoms with van der Waals surface area (Å²) < 4.78 is 0. The van der Waals surface area contributed by atoms with Gasteiger partial charge in [0.2, 0.25) is 0 Å².